The van der Waals surface area contributed by atoms with Crippen LogP contribution in [-0.4, -0.2) is 28.8 Å². The number of ether oxygens (including phenoxy) is 1. The predicted octanol–water partition coefficient (Wildman–Crippen LogP) is 2.97. The molecule has 3 atom stereocenters. The fraction of sp³-hybridized carbons (Fsp3) is 0.562. The van der Waals surface area contributed by atoms with Crippen molar-refractivity contribution in [2.75, 3.05) is 7.11 Å². The van der Waals surface area contributed by atoms with Crippen LogP contribution in [0.4, 0.5) is 0 Å². The first-order chi connectivity index (χ1) is 10.0. The zero-order chi connectivity index (χ0) is 15.0. The van der Waals surface area contributed by atoms with Crippen molar-refractivity contribution in [3.05, 3.63) is 40.6 Å². The van der Waals surface area contributed by atoms with E-state index < -0.39 is 0 Å². The van der Waals surface area contributed by atoms with E-state index in [1.54, 1.807) is 18.4 Å². The molecule has 0 saturated heterocycles. The lowest BCUT2D eigenvalue weighted by Crippen LogP contribution is -2.61. The molecule has 1 N–H and O–H groups in total. The second-order valence-electron chi connectivity index (χ2n) is 6.35. The van der Waals surface area contributed by atoms with Gasteiger partial charge in [0.1, 0.15) is 11.9 Å². The van der Waals surface area contributed by atoms with Crippen molar-refractivity contribution in [2.45, 2.75) is 38.5 Å². The topological polar surface area (TPSA) is 39.1 Å². The summed E-state index contributed by atoms with van der Waals surface area (Å²) in [5, 5.41) is 5.92. The van der Waals surface area contributed by atoms with Crippen LogP contribution in [0, 0.1) is 5.41 Å². The Labute approximate surface area is 130 Å². The highest BCUT2D eigenvalue weighted by molar-refractivity contribution is 7.10. The number of nitrogens with one attached hydrogen (secondary N) is 1. The van der Waals surface area contributed by atoms with Gasteiger partial charge in [0.25, 0.3) is 0 Å². The third kappa shape index (κ3) is 2.54. The van der Waals surface area contributed by atoms with E-state index in [-0.39, 0.29) is 11.5 Å². The summed E-state index contributed by atoms with van der Waals surface area (Å²) in [4.78, 5) is 5.85. The molecule has 5 heteroatoms. The average Bonchev–Trinajstić information content (AvgIpc) is 3.10. The summed E-state index contributed by atoms with van der Waals surface area (Å²) in [5.74, 6) is 1.06. The highest BCUT2D eigenvalue weighted by atomic mass is 32.1. The zero-order valence-corrected chi connectivity index (χ0v) is 13.9. The molecule has 114 valence electrons. The first kappa shape index (κ1) is 14.8. The predicted molar refractivity (Wildman–Crippen MR) is 85.5 cm³/mol. The molecular formula is C16H23N3OS. The Hall–Kier alpha value is -1.17. The first-order valence-corrected chi connectivity index (χ1v) is 8.21. The van der Waals surface area contributed by atoms with E-state index in [0.717, 1.165) is 12.2 Å². The number of hydrogen-bond acceptors (Lipinski definition) is 4. The van der Waals surface area contributed by atoms with E-state index >= 15 is 0 Å². The van der Waals surface area contributed by atoms with Gasteiger partial charge in [-0.3, -0.25) is 5.32 Å². The number of thiophene rings is 1. The minimum absolute atomic E-state index is 0.145. The standard InChI is InChI=1S/C16H23N3OS/c1-16(2)12(10-13(16)20-4)18-14(11-6-5-9-21-11)15-17-7-8-19(15)3/h5-9,12-14,18H,10H2,1-4H3. The molecule has 0 radical (unpaired) electrons. The zero-order valence-electron chi connectivity index (χ0n) is 13.0. The molecule has 1 aliphatic rings. The molecule has 0 spiro atoms. The van der Waals surface area contributed by atoms with Gasteiger partial charge in [-0.15, -0.1) is 11.3 Å². The summed E-state index contributed by atoms with van der Waals surface area (Å²) in [6.45, 7) is 4.54. The number of aryl methyl sites for hydroxylation is 1. The molecule has 2 heterocycles. The van der Waals surface area contributed by atoms with Crippen LogP contribution in [0.1, 0.15) is 37.0 Å². The van der Waals surface area contributed by atoms with Crippen LogP contribution in [0.3, 0.4) is 0 Å². The number of hydrogen-bond donors (Lipinski definition) is 1. The van der Waals surface area contributed by atoms with Crippen LogP contribution in [0.25, 0.3) is 0 Å². The largest absolute Gasteiger partial charge is 0.381 e. The second-order valence-corrected chi connectivity index (χ2v) is 7.32. The number of imidazole rings is 1. The molecule has 0 aromatic carbocycles. The van der Waals surface area contributed by atoms with Crippen molar-refractivity contribution in [1.82, 2.24) is 14.9 Å². The van der Waals surface area contributed by atoms with Crippen LogP contribution >= 0.6 is 11.3 Å². The van der Waals surface area contributed by atoms with Gasteiger partial charge in [0.05, 0.1) is 6.10 Å². The van der Waals surface area contributed by atoms with E-state index in [1.165, 1.54) is 4.88 Å². The Balaban J connectivity index is 1.84. The Kier molecular flexibility index (Phi) is 3.90. The van der Waals surface area contributed by atoms with Crippen LogP contribution in [-0.2, 0) is 11.8 Å². The molecule has 1 saturated carbocycles. The number of methoxy groups -OCH3 is 1. The van der Waals surface area contributed by atoms with Gasteiger partial charge < -0.3 is 9.30 Å². The number of nitrogens with zero attached hydrogens (tertiary/aromatic N) is 2. The average molecular weight is 305 g/mol. The van der Waals surface area contributed by atoms with E-state index in [9.17, 15) is 0 Å². The highest BCUT2D eigenvalue weighted by Gasteiger charge is 2.49. The summed E-state index contributed by atoms with van der Waals surface area (Å²) in [6, 6.07) is 4.86. The Bertz CT molecular complexity index is 590. The maximum atomic E-state index is 5.56. The Morgan fingerprint density at radius 1 is 1.52 bits per heavy atom. The van der Waals surface area contributed by atoms with Crippen molar-refractivity contribution in [1.29, 1.82) is 0 Å². The number of rotatable bonds is 5. The molecule has 4 nitrogen and oxygen atoms in total. The minimum atomic E-state index is 0.145. The summed E-state index contributed by atoms with van der Waals surface area (Å²) >= 11 is 1.77. The smallest absolute Gasteiger partial charge is 0.131 e. The van der Waals surface area contributed by atoms with Gasteiger partial charge in [0, 0.05) is 42.9 Å². The molecule has 2 aromatic heterocycles. The van der Waals surface area contributed by atoms with Crippen molar-refractivity contribution in [2.24, 2.45) is 12.5 Å². The lowest BCUT2D eigenvalue weighted by Gasteiger charge is -2.52. The third-order valence-electron chi connectivity index (χ3n) is 4.77. The summed E-state index contributed by atoms with van der Waals surface area (Å²) in [6.07, 6.45) is 5.25. The van der Waals surface area contributed by atoms with Gasteiger partial charge in [-0.25, -0.2) is 4.98 Å². The highest BCUT2D eigenvalue weighted by Crippen LogP contribution is 2.44. The second kappa shape index (κ2) is 5.55. The molecule has 0 bridgehead atoms. The first-order valence-electron chi connectivity index (χ1n) is 7.33. The van der Waals surface area contributed by atoms with E-state index in [4.69, 9.17) is 4.74 Å². The van der Waals surface area contributed by atoms with Gasteiger partial charge >= 0.3 is 0 Å². The van der Waals surface area contributed by atoms with Crippen LogP contribution in [0.5, 0.6) is 0 Å². The quantitative estimate of drug-likeness (QED) is 0.923. The van der Waals surface area contributed by atoms with Gasteiger partial charge in [-0.1, -0.05) is 19.9 Å². The van der Waals surface area contributed by atoms with Gasteiger partial charge in [0.2, 0.25) is 0 Å². The molecule has 3 rings (SSSR count). The van der Waals surface area contributed by atoms with Crippen LogP contribution in [0.15, 0.2) is 29.9 Å². The fourth-order valence-corrected chi connectivity index (χ4v) is 3.95. The molecule has 3 unspecified atom stereocenters. The van der Waals surface area contributed by atoms with Crippen molar-refractivity contribution >= 4 is 11.3 Å². The molecule has 1 fully saturated rings. The maximum absolute atomic E-state index is 5.56. The lowest BCUT2D eigenvalue weighted by molar-refractivity contribution is -0.0995. The molecule has 1 aliphatic carbocycles. The normalized spacial score (nSPS) is 25.5. The summed E-state index contributed by atoms with van der Waals surface area (Å²) < 4.78 is 7.65. The van der Waals surface area contributed by atoms with E-state index in [2.05, 4.69) is 53.3 Å². The third-order valence-corrected chi connectivity index (χ3v) is 5.71. The van der Waals surface area contributed by atoms with Crippen molar-refractivity contribution in [3.63, 3.8) is 0 Å². The molecule has 0 amide bonds. The lowest BCUT2D eigenvalue weighted by atomic mass is 9.64. The van der Waals surface area contributed by atoms with Gasteiger partial charge in [0.15, 0.2) is 0 Å². The van der Waals surface area contributed by atoms with Gasteiger partial charge in [-0.05, 0) is 17.9 Å². The van der Waals surface area contributed by atoms with Crippen molar-refractivity contribution in [3.8, 4) is 0 Å². The van der Waals surface area contributed by atoms with E-state index in [0.29, 0.717) is 12.1 Å². The summed E-state index contributed by atoms with van der Waals surface area (Å²) in [5.41, 5.74) is 0.148. The van der Waals surface area contributed by atoms with Crippen LogP contribution < -0.4 is 5.32 Å². The maximum Gasteiger partial charge on any atom is 0.131 e. The molecular weight excluding hydrogens is 282 g/mol. The molecule has 2 aromatic rings. The Morgan fingerprint density at radius 2 is 2.33 bits per heavy atom. The van der Waals surface area contributed by atoms with Gasteiger partial charge in [-0.2, -0.15) is 0 Å². The van der Waals surface area contributed by atoms with Crippen molar-refractivity contribution < 1.29 is 4.74 Å². The Morgan fingerprint density at radius 3 is 2.86 bits per heavy atom. The number of aromatic nitrogens is 2. The summed E-state index contributed by atoms with van der Waals surface area (Å²) in [7, 11) is 3.85. The molecule has 21 heavy (non-hydrogen) atoms. The monoisotopic (exact) mass is 305 g/mol. The minimum Gasteiger partial charge on any atom is -0.381 e. The van der Waals surface area contributed by atoms with Crippen LogP contribution in [0.2, 0.25) is 0 Å². The van der Waals surface area contributed by atoms with E-state index in [1.807, 2.05) is 12.4 Å². The SMILES string of the molecule is COC1CC(NC(c2cccs2)c2nccn2C)C1(C)C. The fourth-order valence-electron chi connectivity index (χ4n) is 3.16. The molecule has 0 aliphatic heterocycles.